The van der Waals surface area contributed by atoms with Crippen LogP contribution in [0.4, 0.5) is 0 Å². The lowest BCUT2D eigenvalue weighted by atomic mass is 9.83. The summed E-state index contributed by atoms with van der Waals surface area (Å²) in [4.78, 5) is 45.5. The minimum Gasteiger partial charge on any atom is -0.393 e. The second-order valence-electron chi connectivity index (χ2n) is 4.38. The van der Waals surface area contributed by atoms with Gasteiger partial charge in [-0.3, -0.25) is 19.2 Å². The van der Waals surface area contributed by atoms with Crippen molar-refractivity contribution in [2.75, 3.05) is 0 Å². The number of ether oxygens (including phenoxy) is 2. The van der Waals surface area contributed by atoms with Gasteiger partial charge in [-0.05, 0) is 12.3 Å². The van der Waals surface area contributed by atoms with Crippen molar-refractivity contribution in [1.29, 1.82) is 0 Å². The number of esters is 4. The van der Waals surface area contributed by atoms with Crippen LogP contribution in [0.15, 0.2) is 0 Å². The van der Waals surface area contributed by atoms with Crippen molar-refractivity contribution in [2.45, 2.75) is 12.8 Å². The molecule has 6 heteroatoms. The zero-order chi connectivity index (χ0) is 11.4. The maximum Gasteiger partial charge on any atom is 0.317 e. The molecule has 0 unspecified atom stereocenters. The number of cyclic esters (lactones) is 4. The summed E-state index contributed by atoms with van der Waals surface area (Å²) in [5.74, 6) is -4.83. The third-order valence-corrected chi connectivity index (χ3v) is 3.62. The van der Waals surface area contributed by atoms with E-state index in [4.69, 9.17) is 0 Å². The highest BCUT2D eigenvalue weighted by atomic mass is 16.6. The summed E-state index contributed by atoms with van der Waals surface area (Å²) in [5.41, 5.74) is 0. The van der Waals surface area contributed by atoms with Gasteiger partial charge in [-0.1, -0.05) is 0 Å². The van der Waals surface area contributed by atoms with Crippen molar-refractivity contribution in [3.63, 3.8) is 0 Å². The summed E-state index contributed by atoms with van der Waals surface area (Å²) >= 11 is 0. The van der Waals surface area contributed by atoms with E-state index in [0.717, 1.165) is 0 Å². The van der Waals surface area contributed by atoms with Gasteiger partial charge in [0.05, 0.1) is 24.2 Å². The molecule has 2 saturated heterocycles. The van der Waals surface area contributed by atoms with Gasteiger partial charge in [-0.15, -0.1) is 0 Å². The highest BCUT2D eigenvalue weighted by Gasteiger charge is 2.60. The van der Waals surface area contributed by atoms with Crippen LogP contribution in [0.2, 0.25) is 0 Å². The van der Waals surface area contributed by atoms with Gasteiger partial charge in [0.2, 0.25) is 0 Å². The van der Waals surface area contributed by atoms with Gasteiger partial charge in [0.25, 0.3) is 0 Å². The van der Waals surface area contributed by atoms with E-state index in [9.17, 15) is 19.2 Å². The van der Waals surface area contributed by atoms with Crippen molar-refractivity contribution >= 4 is 23.9 Å². The molecular formula is C10H8O6. The van der Waals surface area contributed by atoms with Crippen LogP contribution in [0.25, 0.3) is 0 Å². The Bertz CT molecular complexity index is 425. The number of rotatable bonds is 0. The van der Waals surface area contributed by atoms with E-state index < -0.39 is 47.5 Å². The van der Waals surface area contributed by atoms with Crippen molar-refractivity contribution in [3.8, 4) is 0 Å². The van der Waals surface area contributed by atoms with E-state index in [-0.39, 0.29) is 6.42 Å². The zero-order valence-electron chi connectivity index (χ0n) is 8.17. The lowest BCUT2D eigenvalue weighted by Crippen LogP contribution is -2.37. The van der Waals surface area contributed by atoms with Crippen LogP contribution < -0.4 is 0 Å². The Labute approximate surface area is 89.9 Å². The van der Waals surface area contributed by atoms with Gasteiger partial charge in [-0.25, -0.2) is 0 Å². The normalized spacial score (nSPS) is 41.5. The standard InChI is InChI=1S/C10H8O6/c11-6-2-3-4-1-5(7(3)10(14)15-6)9(13)16-8(4)12/h3-5,7H,1-2H2/t3-,4+,5+,7+/m1/s1. The van der Waals surface area contributed by atoms with Crippen LogP contribution in [-0.4, -0.2) is 23.9 Å². The molecule has 1 aliphatic carbocycles. The molecule has 4 atom stereocenters. The molecule has 0 N–H and O–H groups in total. The van der Waals surface area contributed by atoms with E-state index in [0.29, 0.717) is 6.42 Å². The van der Waals surface area contributed by atoms with Gasteiger partial charge in [0.1, 0.15) is 0 Å². The molecule has 0 aromatic carbocycles. The molecule has 1 saturated carbocycles. The van der Waals surface area contributed by atoms with Crippen LogP contribution >= 0.6 is 0 Å². The Morgan fingerprint density at radius 2 is 1.56 bits per heavy atom. The fourth-order valence-electron chi connectivity index (χ4n) is 2.93. The third kappa shape index (κ3) is 1.07. The largest absolute Gasteiger partial charge is 0.393 e. The molecule has 84 valence electrons. The molecule has 0 amide bonds. The second kappa shape index (κ2) is 2.90. The van der Waals surface area contributed by atoms with E-state index in [1.165, 1.54) is 0 Å². The quantitative estimate of drug-likeness (QED) is 0.404. The number of hydrogen-bond acceptors (Lipinski definition) is 6. The summed E-state index contributed by atoms with van der Waals surface area (Å²) in [6.45, 7) is 0. The molecule has 6 nitrogen and oxygen atoms in total. The number of hydrogen-bond donors (Lipinski definition) is 0. The van der Waals surface area contributed by atoms with Gasteiger partial charge in [0.15, 0.2) is 0 Å². The average Bonchev–Trinajstić information content (AvgIpc) is 2.52. The van der Waals surface area contributed by atoms with Crippen molar-refractivity contribution in [3.05, 3.63) is 0 Å². The molecular weight excluding hydrogens is 216 g/mol. The zero-order valence-corrected chi connectivity index (χ0v) is 8.17. The molecule has 3 rings (SSSR count). The Kier molecular flexibility index (Phi) is 1.72. The fourth-order valence-corrected chi connectivity index (χ4v) is 2.93. The monoisotopic (exact) mass is 224 g/mol. The number of fused-ring (bicyclic) bond motifs is 5. The van der Waals surface area contributed by atoms with Gasteiger partial charge in [-0.2, -0.15) is 0 Å². The Morgan fingerprint density at radius 1 is 0.875 bits per heavy atom. The molecule has 0 aromatic rings. The van der Waals surface area contributed by atoms with Crippen LogP contribution in [0.5, 0.6) is 0 Å². The fraction of sp³-hybridized carbons (Fsp3) is 0.600. The molecule has 2 aliphatic heterocycles. The van der Waals surface area contributed by atoms with Crippen LogP contribution in [-0.2, 0) is 28.7 Å². The minimum atomic E-state index is -0.694. The summed E-state index contributed by atoms with van der Waals surface area (Å²) in [6.07, 6.45) is 0.315. The first-order valence-electron chi connectivity index (χ1n) is 5.08. The molecule has 0 aromatic heterocycles. The van der Waals surface area contributed by atoms with Crippen LogP contribution in [0.1, 0.15) is 12.8 Å². The smallest absolute Gasteiger partial charge is 0.317 e. The molecule has 16 heavy (non-hydrogen) atoms. The minimum absolute atomic E-state index is 0.0138. The van der Waals surface area contributed by atoms with Gasteiger partial charge < -0.3 is 9.47 Å². The van der Waals surface area contributed by atoms with Gasteiger partial charge >= 0.3 is 23.9 Å². The summed E-state index contributed by atoms with van der Waals surface area (Å²) in [5, 5.41) is 0. The van der Waals surface area contributed by atoms with Crippen LogP contribution in [0.3, 0.4) is 0 Å². The van der Waals surface area contributed by atoms with Gasteiger partial charge in [0, 0.05) is 0 Å². The maximum atomic E-state index is 11.5. The first-order valence-corrected chi connectivity index (χ1v) is 5.08. The SMILES string of the molecule is O=C1C[C@H]2[C@H](C(=O)O1)[C@@H]1C[C@@H]2C(=O)OC1=O. The highest BCUT2D eigenvalue weighted by Crippen LogP contribution is 2.49. The maximum absolute atomic E-state index is 11.5. The summed E-state index contributed by atoms with van der Waals surface area (Å²) < 4.78 is 9.05. The number of carbonyl (C=O) groups excluding carboxylic acids is 4. The molecule has 0 radical (unpaired) electrons. The number of carbonyl (C=O) groups is 4. The van der Waals surface area contributed by atoms with E-state index in [2.05, 4.69) is 9.47 Å². The topological polar surface area (TPSA) is 86.7 Å². The van der Waals surface area contributed by atoms with Crippen molar-refractivity contribution in [2.24, 2.45) is 23.7 Å². The Morgan fingerprint density at radius 3 is 2.31 bits per heavy atom. The lowest BCUT2D eigenvalue weighted by Gasteiger charge is -2.24. The molecule has 3 aliphatic rings. The predicted octanol–water partition coefficient (Wildman–Crippen LogP) is -0.588. The van der Waals surface area contributed by atoms with Crippen molar-refractivity contribution < 1.29 is 28.7 Å². The molecule has 2 bridgehead atoms. The summed E-state index contributed by atoms with van der Waals surface area (Å²) in [6, 6.07) is 0. The van der Waals surface area contributed by atoms with E-state index in [1.807, 2.05) is 0 Å². The third-order valence-electron chi connectivity index (χ3n) is 3.62. The predicted molar refractivity (Wildman–Crippen MR) is 45.4 cm³/mol. The first-order chi connectivity index (χ1) is 7.58. The second-order valence-corrected chi connectivity index (χ2v) is 4.38. The van der Waals surface area contributed by atoms with E-state index >= 15 is 0 Å². The van der Waals surface area contributed by atoms with Crippen molar-refractivity contribution in [1.82, 2.24) is 0 Å². The molecule has 2 heterocycles. The van der Waals surface area contributed by atoms with Crippen LogP contribution in [0, 0.1) is 23.7 Å². The molecule has 3 fully saturated rings. The Balaban J connectivity index is 2.02. The lowest BCUT2D eigenvalue weighted by molar-refractivity contribution is -0.174. The van der Waals surface area contributed by atoms with E-state index in [1.54, 1.807) is 0 Å². The molecule has 0 spiro atoms. The average molecular weight is 224 g/mol. The Hall–Kier alpha value is -1.72. The highest BCUT2D eigenvalue weighted by molar-refractivity contribution is 5.99. The first kappa shape index (κ1) is 9.50. The summed E-state index contributed by atoms with van der Waals surface area (Å²) in [7, 11) is 0.